The third-order valence-electron chi connectivity index (χ3n) is 3.29. The number of carboxylic acid groups (broad SMARTS) is 1. The average Bonchev–Trinajstić information content (AvgIpc) is 2.87. The molecule has 1 amide bonds. The van der Waals surface area contributed by atoms with E-state index in [-0.39, 0.29) is 19.1 Å². The van der Waals surface area contributed by atoms with E-state index in [0.717, 1.165) is 3.57 Å². The highest BCUT2D eigenvalue weighted by molar-refractivity contribution is 14.1. The summed E-state index contributed by atoms with van der Waals surface area (Å²) in [5.41, 5.74) is 0.585. The molecule has 0 radical (unpaired) electrons. The van der Waals surface area contributed by atoms with Crippen LogP contribution in [0.3, 0.4) is 0 Å². The topological polar surface area (TPSA) is 66.8 Å². The zero-order valence-corrected chi connectivity index (χ0v) is 12.5. The standard InChI is InChI=1S/C13H14INO4/c1-15(11-7-19-6-9(11)13(17)18)12(16)8-4-2-3-5-10(8)14/h2-5,9,11H,6-7H2,1H3,(H,17,18). The Bertz CT molecular complexity index is 505. The molecular weight excluding hydrogens is 361 g/mol. The van der Waals surface area contributed by atoms with Crippen molar-refractivity contribution < 1.29 is 19.4 Å². The first-order chi connectivity index (χ1) is 9.02. The van der Waals surface area contributed by atoms with Crippen LogP contribution < -0.4 is 0 Å². The zero-order chi connectivity index (χ0) is 14.0. The third kappa shape index (κ3) is 2.89. The molecule has 1 aliphatic rings. The van der Waals surface area contributed by atoms with Crippen molar-refractivity contribution in [1.82, 2.24) is 4.90 Å². The van der Waals surface area contributed by atoms with Crippen molar-refractivity contribution in [2.45, 2.75) is 6.04 Å². The van der Waals surface area contributed by atoms with Crippen molar-refractivity contribution in [2.75, 3.05) is 20.3 Å². The van der Waals surface area contributed by atoms with E-state index in [2.05, 4.69) is 22.6 Å². The first-order valence-corrected chi connectivity index (χ1v) is 6.92. The summed E-state index contributed by atoms with van der Waals surface area (Å²) in [6.45, 7) is 0.423. The molecule has 1 heterocycles. The minimum atomic E-state index is -0.926. The molecule has 0 aromatic heterocycles. The second-order valence-corrected chi connectivity index (χ2v) is 5.61. The van der Waals surface area contributed by atoms with E-state index in [1.807, 2.05) is 12.1 Å². The zero-order valence-electron chi connectivity index (χ0n) is 10.4. The summed E-state index contributed by atoms with van der Waals surface area (Å²) in [4.78, 5) is 25.0. The molecular formula is C13H14INO4. The molecule has 1 aliphatic heterocycles. The Morgan fingerprint density at radius 3 is 2.68 bits per heavy atom. The maximum Gasteiger partial charge on any atom is 0.311 e. The van der Waals surface area contributed by atoms with Gasteiger partial charge in [-0.3, -0.25) is 9.59 Å². The van der Waals surface area contributed by atoms with Crippen LogP contribution in [0.1, 0.15) is 10.4 Å². The summed E-state index contributed by atoms with van der Waals surface area (Å²) >= 11 is 2.10. The number of carbonyl (C=O) groups excluding carboxylic acids is 1. The molecule has 0 bridgehead atoms. The molecule has 0 saturated carbocycles. The van der Waals surface area contributed by atoms with Crippen LogP contribution in [0.4, 0.5) is 0 Å². The number of hydrogen-bond donors (Lipinski definition) is 1. The van der Waals surface area contributed by atoms with Crippen LogP contribution in [0.25, 0.3) is 0 Å². The van der Waals surface area contributed by atoms with Crippen LogP contribution in [0, 0.1) is 9.49 Å². The van der Waals surface area contributed by atoms with E-state index >= 15 is 0 Å². The average molecular weight is 375 g/mol. The molecule has 2 atom stereocenters. The lowest BCUT2D eigenvalue weighted by atomic mass is 10.0. The molecule has 0 aliphatic carbocycles. The Labute approximate surface area is 124 Å². The maximum absolute atomic E-state index is 12.4. The number of carbonyl (C=O) groups is 2. The van der Waals surface area contributed by atoms with Crippen molar-refractivity contribution in [3.05, 3.63) is 33.4 Å². The second kappa shape index (κ2) is 5.87. The molecule has 5 nitrogen and oxygen atoms in total. The summed E-state index contributed by atoms with van der Waals surface area (Å²) in [5.74, 6) is -1.76. The highest BCUT2D eigenvalue weighted by atomic mass is 127. The monoisotopic (exact) mass is 375 g/mol. The maximum atomic E-state index is 12.4. The highest BCUT2D eigenvalue weighted by Crippen LogP contribution is 2.22. The Morgan fingerprint density at radius 1 is 1.37 bits per heavy atom. The van der Waals surface area contributed by atoms with Crippen molar-refractivity contribution >= 4 is 34.5 Å². The highest BCUT2D eigenvalue weighted by Gasteiger charge is 2.38. The van der Waals surface area contributed by atoms with E-state index in [1.54, 1.807) is 19.2 Å². The summed E-state index contributed by atoms with van der Waals surface area (Å²) < 4.78 is 6.04. The molecule has 19 heavy (non-hydrogen) atoms. The van der Waals surface area contributed by atoms with E-state index in [0.29, 0.717) is 5.56 Å². The van der Waals surface area contributed by atoms with Gasteiger partial charge < -0.3 is 14.7 Å². The smallest absolute Gasteiger partial charge is 0.311 e. The Morgan fingerprint density at radius 2 is 2.05 bits per heavy atom. The lowest BCUT2D eigenvalue weighted by Crippen LogP contribution is -2.44. The quantitative estimate of drug-likeness (QED) is 0.813. The van der Waals surface area contributed by atoms with Gasteiger partial charge in [-0.2, -0.15) is 0 Å². The number of hydrogen-bond acceptors (Lipinski definition) is 3. The van der Waals surface area contributed by atoms with Gasteiger partial charge in [0.15, 0.2) is 0 Å². The number of aliphatic carboxylic acids is 1. The molecule has 102 valence electrons. The van der Waals surface area contributed by atoms with E-state index in [1.165, 1.54) is 4.90 Å². The molecule has 6 heteroatoms. The molecule has 1 N–H and O–H groups in total. The normalized spacial score (nSPS) is 22.2. The van der Waals surface area contributed by atoms with Crippen LogP contribution in [0.2, 0.25) is 0 Å². The second-order valence-electron chi connectivity index (χ2n) is 4.45. The van der Waals surface area contributed by atoms with Crippen LogP contribution >= 0.6 is 22.6 Å². The minimum Gasteiger partial charge on any atom is -0.481 e. The third-order valence-corrected chi connectivity index (χ3v) is 4.23. The molecule has 1 fully saturated rings. The number of likely N-dealkylation sites (N-methyl/N-ethyl adjacent to an activating group) is 1. The number of carboxylic acids is 1. The Kier molecular flexibility index (Phi) is 4.41. The summed E-state index contributed by atoms with van der Waals surface area (Å²) in [5, 5.41) is 9.12. The van der Waals surface area contributed by atoms with E-state index in [4.69, 9.17) is 9.84 Å². The molecule has 1 aromatic rings. The number of amides is 1. The fourth-order valence-electron chi connectivity index (χ4n) is 2.14. The predicted octanol–water partition coefficient (Wildman–Crippen LogP) is 1.46. The first-order valence-electron chi connectivity index (χ1n) is 5.84. The number of rotatable bonds is 3. The van der Waals surface area contributed by atoms with Crippen LogP contribution in [-0.4, -0.2) is 48.2 Å². The van der Waals surface area contributed by atoms with Gasteiger partial charge in [0.2, 0.25) is 0 Å². The summed E-state index contributed by atoms with van der Waals surface area (Å²) in [7, 11) is 1.63. The van der Waals surface area contributed by atoms with Crippen molar-refractivity contribution in [3.63, 3.8) is 0 Å². The lowest BCUT2D eigenvalue weighted by molar-refractivity contribution is -0.142. The van der Waals surface area contributed by atoms with Gasteiger partial charge in [-0.05, 0) is 34.7 Å². The van der Waals surface area contributed by atoms with Crippen molar-refractivity contribution in [1.29, 1.82) is 0 Å². The first kappa shape index (κ1) is 14.3. The molecule has 2 rings (SSSR count). The Balaban J connectivity index is 2.20. The SMILES string of the molecule is CN(C(=O)c1ccccc1I)C1COCC1C(=O)O. The molecule has 1 aromatic carbocycles. The predicted molar refractivity (Wildman–Crippen MR) is 77.0 cm³/mol. The number of halogens is 1. The number of benzene rings is 1. The molecule has 2 unspecified atom stereocenters. The van der Waals surface area contributed by atoms with Gasteiger partial charge >= 0.3 is 5.97 Å². The van der Waals surface area contributed by atoms with Gasteiger partial charge in [0.1, 0.15) is 5.92 Å². The number of nitrogens with zero attached hydrogens (tertiary/aromatic N) is 1. The van der Waals surface area contributed by atoms with Gasteiger partial charge in [-0.25, -0.2) is 0 Å². The summed E-state index contributed by atoms with van der Waals surface area (Å²) in [6, 6.07) is 6.83. The minimum absolute atomic E-state index is 0.156. The van der Waals surface area contributed by atoms with Crippen molar-refractivity contribution in [3.8, 4) is 0 Å². The Hall–Kier alpha value is -1.15. The fourth-order valence-corrected chi connectivity index (χ4v) is 2.75. The van der Waals surface area contributed by atoms with Crippen LogP contribution in [0.15, 0.2) is 24.3 Å². The molecule has 0 spiro atoms. The fraction of sp³-hybridized carbons (Fsp3) is 0.385. The van der Waals surface area contributed by atoms with Crippen LogP contribution in [0.5, 0.6) is 0 Å². The largest absolute Gasteiger partial charge is 0.481 e. The van der Waals surface area contributed by atoms with Gasteiger partial charge in [-0.15, -0.1) is 0 Å². The lowest BCUT2D eigenvalue weighted by Gasteiger charge is -2.26. The van der Waals surface area contributed by atoms with Gasteiger partial charge in [0.25, 0.3) is 5.91 Å². The van der Waals surface area contributed by atoms with E-state index < -0.39 is 17.9 Å². The van der Waals surface area contributed by atoms with E-state index in [9.17, 15) is 9.59 Å². The van der Waals surface area contributed by atoms with Crippen molar-refractivity contribution in [2.24, 2.45) is 5.92 Å². The van der Waals surface area contributed by atoms with Crippen LogP contribution in [-0.2, 0) is 9.53 Å². The summed E-state index contributed by atoms with van der Waals surface area (Å²) in [6.07, 6.45) is 0. The van der Waals surface area contributed by atoms with Gasteiger partial charge in [0.05, 0.1) is 24.8 Å². The van der Waals surface area contributed by atoms with Gasteiger partial charge in [-0.1, -0.05) is 12.1 Å². The molecule has 1 saturated heterocycles. The van der Waals surface area contributed by atoms with Gasteiger partial charge in [0, 0.05) is 10.6 Å². The number of ether oxygens (including phenoxy) is 1.